The van der Waals surface area contributed by atoms with Crippen LogP contribution in [0.3, 0.4) is 0 Å². The summed E-state index contributed by atoms with van der Waals surface area (Å²) < 4.78 is 27.4. The number of amides is 1. The third kappa shape index (κ3) is 4.74. The summed E-state index contributed by atoms with van der Waals surface area (Å²) in [5, 5.41) is 13.7. The summed E-state index contributed by atoms with van der Waals surface area (Å²) in [5.74, 6) is -0.0379. The predicted octanol–water partition coefficient (Wildman–Crippen LogP) is 4.72. The van der Waals surface area contributed by atoms with E-state index in [1.807, 2.05) is 0 Å². The van der Waals surface area contributed by atoms with Crippen LogP contribution in [-0.2, 0) is 11.6 Å². The number of hydrogen-bond donors (Lipinski definition) is 2. The topological polar surface area (TPSA) is 84.2 Å². The molecule has 31 heavy (non-hydrogen) atoms. The molecule has 2 aromatic rings. The molecule has 1 heterocycles. The monoisotopic (exact) mass is 467 g/mol. The number of carbonyl (C=O) groups is 1. The van der Waals surface area contributed by atoms with Crippen LogP contribution >= 0.6 is 18.7 Å². The first-order chi connectivity index (χ1) is 14.4. The van der Waals surface area contributed by atoms with Gasteiger partial charge in [-0.2, -0.15) is 0 Å². The molecule has 9 heteroatoms. The molecule has 0 saturated heterocycles. The zero-order valence-corrected chi connectivity index (χ0v) is 19.6. The number of imidazole rings is 1. The van der Waals surface area contributed by atoms with Crippen molar-refractivity contribution in [2.24, 2.45) is 18.9 Å². The van der Waals surface area contributed by atoms with Crippen molar-refractivity contribution in [3.05, 3.63) is 46.8 Å². The average molecular weight is 468 g/mol. The lowest BCUT2D eigenvalue weighted by molar-refractivity contribution is 0.0609. The van der Waals surface area contributed by atoms with Gasteiger partial charge in [-0.1, -0.05) is 11.6 Å². The first-order valence-corrected chi connectivity index (χ1v) is 13.6. The van der Waals surface area contributed by atoms with Crippen LogP contribution in [0.5, 0.6) is 0 Å². The second kappa shape index (κ2) is 8.02. The number of benzene rings is 1. The van der Waals surface area contributed by atoms with E-state index in [-0.39, 0.29) is 16.8 Å². The molecule has 2 aliphatic rings. The van der Waals surface area contributed by atoms with Gasteiger partial charge in [-0.25, -0.2) is 9.37 Å². The Morgan fingerprint density at radius 3 is 2.58 bits per heavy atom. The van der Waals surface area contributed by atoms with Gasteiger partial charge in [0.1, 0.15) is 11.5 Å². The van der Waals surface area contributed by atoms with Gasteiger partial charge in [-0.15, -0.1) is 0 Å². The van der Waals surface area contributed by atoms with Crippen LogP contribution in [0.15, 0.2) is 24.5 Å². The van der Waals surface area contributed by atoms with E-state index < -0.39 is 18.6 Å². The van der Waals surface area contributed by atoms with Crippen LogP contribution in [0.1, 0.15) is 47.8 Å². The van der Waals surface area contributed by atoms with Crippen LogP contribution in [0.25, 0.3) is 0 Å². The Kier molecular flexibility index (Phi) is 5.82. The molecular formula is C22H28ClFN3O3P. The van der Waals surface area contributed by atoms with Gasteiger partial charge in [0.15, 0.2) is 0 Å². The third-order valence-corrected chi connectivity index (χ3v) is 8.19. The molecule has 4 rings (SSSR count). The number of aryl methyl sites for hydroxylation is 1. The van der Waals surface area contributed by atoms with Gasteiger partial charge in [0.2, 0.25) is 0 Å². The zero-order chi connectivity index (χ0) is 22.6. The van der Waals surface area contributed by atoms with E-state index >= 15 is 0 Å². The van der Waals surface area contributed by atoms with E-state index in [9.17, 15) is 18.9 Å². The quantitative estimate of drug-likeness (QED) is 0.623. The lowest BCUT2D eigenvalue weighted by Crippen LogP contribution is -2.30. The van der Waals surface area contributed by atoms with Gasteiger partial charge < -0.3 is 19.6 Å². The molecule has 1 aromatic carbocycles. The minimum absolute atomic E-state index is 0.0529. The average Bonchev–Trinajstić information content (AvgIpc) is 3.27. The molecule has 6 nitrogen and oxygen atoms in total. The van der Waals surface area contributed by atoms with Crippen molar-refractivity contribution < 1.29 is 18.9 Å². The van der Waals surface area contributed by atoms with Crippen molar-refractivity contribution >= 4 is 30.3 Å². The van der Waals surface area contributed by atoms with Crippen LogP contribution < -0.4 is 5.32 Å². The van der Waals surface area contributed by atoms with E-state index in [0.29, 0.717) is 42.2 Å². The lowest BCUT2D eigenvalue weighted by atomic mass is 9.93. The van der Waals surface area contributed by atoms with E-state index in [1.54, 1.807) is 31.3 Å². The highest BCUT2D eigenvalue weighted by molar-refractivity contribution is 7.62. The molecule has 2 N–H and O–H groups in total. The molecule has 2 aliphatic carbocycles. The van der Waals surface area contributed by atoms with Gasteiger partial charge in [-0.3, -0.25) is 4.79 Å². The maximum atomic E-state index is 13.4. The summed E-state index contributed by atoms with van der Waals surface area (Å²) >= 11 is 5.82. The van der Waals surface area contributed by atoms with Crippen LogP contribution in [-0.4, -0.2) is 45.7 Å². The van der Waals surface area contributed by atoms with Crippen LogP contribution in [0.2, 0.25) is 5.02 Å². The Morgan fingerprint density at radius 2 is 2.00 bits per heavy atom. The smallest absolute Gasteiger partial charge is 0.274 e. The first kappa shape index (κ1) is 22.5. The number of rotatable bonds is 5. The second-order valence-corrected chi connectivity index (χ2v) is 13.6. The SMILES string of the molecule is Cn1cnc(C2CC3CC(O)(CP(C)(C)=O)CC3C2)c1C(=O)Nc1ccc(F)c(Cl)c1. The van der Waals surface area contributed by atoms with Crippen LogP contribution in [0.4, 0.5) is 10.1 Å². The van der Waals surface area contributed by atoms with Gasteiger partial charge in [0.25, 0.3) is 5.91 Å². The standard InChI is InChI=1S/C22H28ClFN3O3P/c1-27-12-25-19(20(27)21(28)26-16-4-5-18(24)17(23)8-16)13-6-14-9-22(29,10-15(14)7-13)11-31(2,3)30/h4-5,8,12-15,29H,6-7,9-11H2,1-3H3,(H,26,28). The van der Waals surface area contributed by atoms with E-state index in [2.05, 4.69) is 10.3 Å². The Morgan fingerprint density at radius 1 is 1.35 bits per heavy atom. The molecule has 0 spiro atoms. The first-order valence-electron chi connectivity index (χ1n) is 10.5. The molecule has 1 aromatic heterocycles. The highest BCUT2D eigenvalue weighted by Gasteiger charge is 2.50. The highest BCUT2D eigenvalue weighted by atomic mass is 35.5. The molecule has 2 unspecified atom stereocenters. The number of hydrogen-bond acceptors (Lipinski definition) is 4. The van der Waals surface area contributed by atoms with Crippen molar-refractivity contribution in [1.29, 1.82) is 0 Å². The molecule has 0 aliphatic heterocycles. The number of aromatic nitrogens is 2. The molecule has 1 amide bonds. The maximum absolute atomic E-state index is 13.4. The Hall–Kier alpha value is -1.69. The predicted molar refractivity (Wildman–Crippen MR) is 120 cm³/mol. The molecular weight excluding hydrogens is 440 g/mol. The van der Waals surface area contributed by atoms with E-state index in [0.717, 1.165) is 18.5 Å². The number of anilines is 1. The molecule has 0 radical (unpaired) electrons. The van der Waals surface area contributed by atoms with Crippen LogP contribution in [0, 0.1) is 17.7 Å². The summed E-state index contributed by atoms with van der Waals surface area (Å²) in [6, 6.07) is 4.06. The fourth-order valence-electron chi connectivity index (χ4n) is 5.62. The fourth-order valence-corrected chi connectivity index (χ4v) is 7.48. The van der Waals surface area contributed by atoms with Crippen molar-refractivity contribution in [3.63, 3.8) is 0 Å². The maximum Gasteiger partial charge on any atom is 0.274 e. The summed E-state index contributed by atoms with van der Waals surface area (Å²) in [6.45, 7) is 3.46. The lowest BCUT2D eigenvalue weighted by Gasteiger charge is -2.26. The molecule has 2 atom stereocenters. The molecule has 2 fully saturated rings. The highest BCUT2D eigenvalue weighted by Crippen LogP contribution is 2.56. The largest absolute Gasteiger partial charge is 0.389 e. The Balaban J connectivity index is 1.49. The summed E-state index contributed by atoms with van der Waals surface area (Å²) in [5.41, 5.74) is 0.807. The fraction of sp³-hybridized carbons (Fsp3) is 0.545. The molecule has 168 valence electrons. The van der Waals surface area contributed by atoms with Gasteiger partial charge in [0.05, 0.1) is 29.8 Å². The number of aliphatic hydroxyl groups is 1. The van der Waals surface area contributed by atoms with Crippen molar-refractivity contribution in [1.82, 2.24) is 9.55 Å². The summed E-state index contributed by atoms with van der Waals surface area (Å²) in [4.78, 5) is 17.5. The second-order valence-electron chi connectivity index (χ2n) is 9.73. The van der Waals surface area contributed by atoms with Gasteiger partial charge in [-0.05, 0) is 69.0 Å². The zero-order valence-electron chi connectivity index (χ0n) is 17.9. The summed E-state index contributed by atoms with van der Waals surface area (Å²) in [6.07, 6.45) is 5.02. The Labute approximate surface area is 186 Å². The molecule has 0 bridgehead atoms. The van der Waals surface area contributed by atoms with Crippen molar-refractivity contribution in [2.45, 2.75) is 37.2 Å². The number of halogens is 2. The Bertz CT molecular complexity index is 1050. The van der Waals surface area contributed by atoms with Crippen molar-refractivity contribution in [3.8, 4) is 0 Å². The third-order valence-electron chi connectivity index (χ3n) is 6.55. The number of nitrogens with zero attached hydrogens (tertiary/aromatic N) is 2. The number of carbonyl (C=O) groups excluding carboxylic acids is 1. The number of nitrogens with one attached hydrogen (secondary N) is 1. The summed E-state index contributed by atoms with van der Waals surface area (Å²) in [7, 11) is -0.527. The van der Waals surface area contributed by atoms with Crippen molar-refractivity contribution in [2.75, 3.05) is 24.8 Å². The van der Waals surface area contributed by atoms with Gasteiger partial charge in [0, 0.05) is 24.8 Å². The van der Waals surface area contributed by atoms with Gasteiger partial charge >= 0.3 is 0 Å². The number of fused-ring (bicyclic) bond motifs is 1. The minimum Gasteiger partial charge on any atom is -0.389 e. The molecule has 2 saturated carbocycles. The minimum atomic E-state index is -2.30. The normalized spacial score (nSPS) is 28.0. The van der Waals surface area contributed by atoms with E-state index in [4.69, 9.17) is 11.6 Å². The van der Waals surface area contributed by atoms with E-state index in [1.165, 1.54) is 18.2 Å².